The molecule has 1 unspecified atom stereocenters. The first kappa shape index (κ1) is 25.1. The van der Waals surface area contributed by atoms with E-state index in [1.807, 2.05) is 72.3 Å². The molecule has 0 bridgehead atoms. The number of hydrogen-bond acceptors (Lipinski definition) is 5. The topological polar surface area (TPSA) is 57.8 Å². The number of hydrogen-bond donors (Lipinski definition) is 1. The number of fused-ring (bicyclic) bond motifs is 4. The van der Waals surface area contributed by atoms with Crippen molar-refractivity contribution >= 4 is 73.7 Å². The summed E-state index contributed by atoms with van der Waals surface area (Å²) in [4.78, 5) is 12.5. The molecule has 1 aromatic heterocycles. The van der Waals surface area contributed by atoms with Crippen molar-refractivity contribution in [1.82, 2.24) is 9.78 Å². The molecule has 2 aliphatic rings. The molecule has 2 aliphatic heterocycles. The number of aromatic nitrogens is 2. The first-order valence-corrected chi connectivity index (χ1v) is 14.2. The van der Waals surface area contributed by atoms with Crippen LogP contribution in [0.15, 0.2) is 112 Å². The second-order valence-corrected chi connectivity index (χ2v) is 11.3. The zero-order chi connectivity index (χ0) is 27.4. The van der Waals surface area contributed by atoms with Crippen molar-refractivity contribution in [3.63, 3.8) is 0 Å². The fourth-order valence-corrected chi connectivity index (χ4v) is 5.96. The van der Waals surface area contributed by atoms with Crippen molar-refractivity contribution in [2.24, 2.45) is 9.98 Å². The second-order valence-electron chi connectivity index (χ2n) is 9.54. The molecule has 0 saturated heterocycles. The molecule has 3 heterocycles. The normalized spacial score (nSPS) is 15.5. The van der Waals surface area contributed by atoms with Crippen molar-refractivity contribution < 1.29 is 0 Å². The number of anilines is 2. The number of aliphatic imine (C=N–C) groups is 2. The van der Waals surface area contributed by atoms with Crippen LogP contribution in [0.25, 0.3) is 5.69 Å². The minimum absolute atomic E-state index is 0.209. The van der Waals surface area contributed by atoms with Crippen LogP contribution in [0.5, 0.6) is 0 Å². The molecule has 7 rings (SSSR count). The van der Waals surface area contributed by atoms with Crippen LogP contribution in [0.4, 0.5) is 22.9 Å². The number of para-hydroxylation sites is 3. The Morgan fingerprint density at radius 1 is 0.825 bits per heavy atom. The fourth-order valence-electron chi connectivity index (χ4n) is 5.25. The predicted molar refractivity (Wildman–Crippen MR) is 167 cm³/mol. The summed E-state index contributed by atoms with van der Waals surface area (Å²) in [5, 5.41) is 9.39. The van der Waals surface area contributed by atoms with E-state index in [4.69, 9.17) is 38.3 Å². The smallest absolute Gasteiger partial charge is 0.179 e. The van der Waals surface area contributed by atoms with Gasteiger partial charge in [0.2, 0.25) is 0 Å². The van der Waals surface area contributed by atoms with Gasteiger partial charge in [0.05, 0.1) is 38.8 Å². The van der Waals surface area contributed by atoms with Gasteiger partial charge in [-0.25, -0.2) is 14.7 Å². The summed E-state index contributed by atoms with van der Waals surface area (Å²) in [6, 6.07) is 31.8. The molecular formula is C31H21BrCl2N6. The monoisotopic (exact) mass is 626 g/mol. The molecule has 1 atom stereocenters. The van der Waals surface area contributed by atoms with E-state index in [1.54, 1.807) is 12.1 Å². The standard InChI is InChI=1S/C31H21BrCl2N6/c1-18-27-28(19-8-7-9-20(32)16-19)39-26-13-6-5-12-25(26)36-29(35-21-14-15-23(33)24(34)17-21)31(39)37-30(27)40(38-18)22-10-3-2-4-11-22/h2-17,28H,1H3,(H,35,36). The van der Waals surface area contributed by atoms with E-state index in [2.05, 4.69) is 50.4 Å². The average molecular weight is 628 g/mol. The quantitative estimate of drug-likeness (QED) is 0.217. The molecule has 6 nitrogen and oxygen atoms in total. The molecule has 1 N–H and O–H groups in total. The van der Waals surface area contributed by atoms with Crippen LogP contribution < -0.4 is 10.2 Å². The minimum Gasteiger partial charge on any atom is -0.337 e. The zero-order valence-corrected chi connectivity index (χ0v) is 24.3. The first-order chi connectivity index (χ1) is 19.5. The summed E-state index contributed by atoms with van der Waals surface area (Å²) < 4.78 is 2.91. The van der Waals surface area contributed by atoms with Crippen molar-refractivity contribution in [1.29, 1.82) is 0 Å². The number of halogens is 3. The van der Waals surface area contributed by atoms with Crippen LogP contribution in [0.2, 0.25) is 10.0 Å². The highest BCUT2D eigenvalue weighted by Gasteiger charge is 2.41. The molecule has 196 valence electrons. The van der Waals surface area contributed by atoms with Crippen LogP contribution in [0, 0.1) is 6.92 Å². The van der Waals surface area contributed by atoms with E-state index >= 15 is 0 Å². The fraction of sp³-hybridized carbons (Fsp3) is 0.0645. The third kappa shape index (κ3) is 4.22. The van der Waals surface area contributed by atoms with Crippen molar-refractivity contribution in [2.75, 3.05) is 10.2 Å². The van der Waals surface area contributed by atoms with Crippen LogP contribution in [0.1, 0.15) is 22.9 Å². The van der Waals surface area contributed by atoms with E-state index < -0.39 is 0 Å². The summed E-state index contributed by atoms with van der Waals surface area (Å²) in [6.45, 7) is 2.04. The van der Waals surface area contributed by atoms with Gasteiger partial charge in [0.1, 0.15) is 0 Å². The van der Waals surface area contributed by atoms with Crippen molar-refractivity contribution in [3.05, 3.63) is 128 Å². The lowest BCUT2D eigenvalue weighted by Crippen LogP contribution is -2.46. The lowest BCUT2D eigenvalue weighted by atomic mass is 9.93. The number of aryl methyl sites for hydroxylation is 1. The maximum atomic E-state index is 6.36. The molecule has 0 radical (unpaired) electrons. The molecule has 4 aromatic carbocycles. The largest absolute Gasteiger partial charge is 0.337 e. The number of amidine groups is 2. The zero-order valence-electron chi connectivity index (χ0n) is 21.2. The van der Waals surface area contributed by atoms with E-state index in [0.717, 1.165) is 49.9 Å². The lowest BCUT2D eigenvalue weighted by molar-refractivity contribution is 0.815. The number of rotatable bonds is 3. The highest BCUT2D eigenvalue weighted by Crippen LogP contribution is 2.48. The summed E-state index contributed by atoms with van der Waals surface area (Å²) in [6.07, 6.45) is 0. The summed E-state index contributed by atoms with van der Waals surface area (Å²) >= 11 is 16.2. The van der Waals surface area contributed by atoms with Crippen LogP contribution in [-0.4, -0.2) is 21.5 Å². The molecule has 0 fully saturated rings. The second kappa shape index (κ2) is 9.93. The highest BCUT2D eigenvalue weighted by atomic mass is 79.9. The van der Waals surface area contributed by atoms with Crippen molar-refractivity contribution in [3.8, 4) is 5.69 Å². The van der Waals surface area contributed by atoms with Gasteiger partial charge in [0.25, 0.3) is 0 Å². The SMILES string of the molecule is Cc1nn(-c2ccccc2)c2c1C(c1cccc(Br)c1)N1C(=N2)C(Nc2ccc(Cl)c(Cl)c2)=Nc2ccccc21. The van der Waals surface area contributed by atoms with E-state index in [-0.39, 0.29) is 6.04 Å². The molecule has 0 aliphatic carbocycles. The van der Waals surface area contributed by atoms with Gasteiger partial charge < -0.3 is 10.2 Å². The van der Waals surface area contributed by atoms with Gasteiger partial charge in [-0.15, -0.1) is 0 Å². The van der Waals surface area contributed by atoms with E-state index in [1.165, 1.54) is 0 Å². The Bertz CT molecular complexity index is 1850. The van der Waals surface area contributed by atoms with Gasteiger partial charge in [-0.05, 0) is 67.1 Å². The van der Waals surface area contributed by atoms with E-state index in [0.29, 0.717) is 21.7 Å². The van der Waals surface area contributed by atoms with Crippen molar-refractivity contribution in [2.45, 2.75) is 13.0 Å². The maximum absolute atomic E-state index is 6.36. The number of nitrogens with one attached hydrogen (secondary N) is 1. The first-order valence-electron chi connectivity index (χ1n) is 12.7. The van der Waals surface area contributed by atoms with Crippen LogP contribution in [-0.2, 0) is 0 Å². The Labute approximate surface area is 249 Å². The van der Waals surface area contributed by atoms with Crippen LogP contribution in [0.3, 0.4) is 0 Å². The average Bonchev–Trinajstić information content (AvgIpc) is 3.30. The predicted octanol–water partition coefficient (Wildman–Crippen LogP) is 9.05. The molecule has 9 heteroatoms. The van der Waals surface area contributed by atoms with E-state index in [9.17, 15) is 0 Å². The summed E-state index contributed by atoms with van der Waals surface area (Å²) in [5.74, 6) is 2.04. The lowest BCUT2D eigenvalue weighted by Gasteiger charge is -2.40. The van der Waals surface area contributed by atoms with Gasteiger partial charge >= 0.3 is 0 Å². The summed E-state index contributed by atoms with van der Waals surface area (Å²) in [7, 11) is 0. The Hall–Kier alpha value is -3.91. The number of nitrogens with zero attached hydrogens (tertiary/aromatic N) is 5. The van der Waals surface area contributed by atoms with Crippen LogP contribution >= 0.6 is 39.1 Å². The van der Waals surface area contributed by atoms with Gasteiger partial charge in [0, 0.05) is 15.7 Å². The van der Waals surface area contributed by atoms with Gasteiger partial charge in [0.15, 0.2) is 17.5 Å². The van der Waals surface area contributed by atoms with Gasteiger partial charge in [-0.3, -0.25) is 0 Å². The maximum Gasteiger partial charge on any atom is 0.179 e. The molecule has 0 amide bonds. The highest BCUT2D eigenvalue weighted by molar-refractivity contribution is 9.10. The van der Waals surface area contributed by atoms with Gasteiger partial charge in [-0.2, -0.15) is 5.10 Å². The molecule has 40 heavy (non-hydrogen) atoms. The molecule has 0 spiro atoms. The van der Waals surface area contributed by atoms with Gasteiger partial charge in [-0.1, -0.05) is 81.6 Å². The minimum atomic E-state index is -0.209. The molecule has 5 aromatic rings. The molecule has 0 saturated carbocycles. The summed E-state index contributed by atoms with van der Waals surface area (Å²) in [5.41, 5.74) is 6.53. The third-order valence-electron chi connectivity index (χ3n) is 6.99. The third-order valence-corrected chi connectivity index (χ3v) is 8.22. The Kier molecular flexibility index (Phi) is 6.23. The number of benzene rings is 4. The Balaban J connectivity index is 1.50. The molecular weight excluding hydrogens is 607 g/mol. The Morgan fingerprint density at radius 2 is 1.62 bits per heavy atom. The Morgan fingerprint density at radius 3 is 2.42 bits per heavy atom.